The zero-order valence-corrected chi connectivity index (χ0v) is 11.7. The SMILES string of the molecule is O=C(CCCCC1SCC2NC(=O)NC21)NCCO. The molecule has 7 heteroatoms. The normalized spacial score (nSPS) is 28.7. The minimum Gasteiger partial charge on any atom is -0.395 e. The third kappa shape index (κ3) is 4.01. The molecule has 0 bridgehead atoms. The van der Waals surface area contributed by atoms with Crippen molar-refractivity contribution in [2.75, 3.05) is 18.9 Å². The molecule has 3 atom stereocenters. The molecule has 0 aromatic heterocycles. The molecular formula is C12H21N3O3S. The van der Waals surface area contributed by atoms with Crippen LogP contribution in [0.1, 0.15) is 25.7 Å². The summed E-state index contributed by atoms with van der Waals surface area (Å²) in [6.07, 6.45) is 3.38. The lowest BCUT2D eigenvalue weighted by Gasteiger charge is -2.16. The lowest BCUT2D eigenvalue weighted by Crippen LogP contribution is -2.36. The topological polar surface area (TPSA) is 90.5 Å². The Bertz CT molecular complexity index is 340. The lowest BCUT2D eigenvalue weighted by atomic mass is 10.0. The van der Waals surface area contributed by atoms with Gasteiger partial charge in [0.25, 0.3) is 0 Å². The van der Waals surface area contributed by atoms with E-state index >= 15 is 0 Å². The summed E-state index contributed by atoms with van der Waals surface area (Å²) in [6.45, 7) is 0.318. The van der Waals surface area contributed by atoms with Crippen LogP contribution in [0, 0.1) is 0 Å². The zero-order chi connectivity index (χ0) is 13.7. The van der Waals surface area contributed by atoms with Gasteiger partial charge >= 0.3 is 6.03 Å². The van der Waals surface area contributed by atoms with Crippen LogP contribution >= 0.6 is 11.8 Å². The van der Waals surface area contributed by atoms with Crippen LogP contribution in [0.3, 0.4) is 0 Å². The van der Waals surface area contributed by atoms with Crippen molar-refractivity contribution in [3.63, 3.8) is 0 Å². The van der Waals surface area contributed by atoms with Crippen molar-refractivity contribution in [3.05, 3.63) is 0 Å². The molecule has 2 saturated heterocycles. The summed E-state index contributed by atoms with van der Waals surface area (Å²) in [5, 5.41) is 17.6. The first-order valence-electron chi connectivity index (χ1n) is 6.77. The fraction of sp³-hybridized carbons (Fsp3) is 0.833. The summed E-state index contributed by atoms with van der Waals surface area (Å²) >= 11 is 1.90. The fourth-order valence-electron chi connectivity index (χ4n) is 2.56. The molecule has 2 heterocycles. The van der Waals surface area contributed by atoms with E-state index in [1.165, 1.54) is 0 Å². The van der Waals surface area contributed by atoms with Crippen LogP contribution < -0.4 is 16.0 Å². The quantitative estimate of drug-likeness (QED) is 0.386. The van der Waals surface area contributed by atoms with Gasteiger partial charge in [-0.3, -0.25) is 4.79 Å². The van der Waals surface area contributed by atoms with Crippen molar-refractivity contribution in [3.8, 4) is 0 Å². The second kappa shape index (κ2) is 7.00. The van der Waals surface area contributed by atoms with Gasteiger partial charge in [-0.1, -0.05) is 6.42 Å². The Morgan fingerprint density at radius 3 is 3.05 bits per heavy atom. The maximum Gasteiger partial charge on any atom is 0.315 e. The Labute approximate surface area is 117 Å². The number of aliphatic hydroxyl groups is 1. The Hall–Kier alpha value is -0.950. The molecule has 19 heavy (non-hydrogen) atoms. The van der Waals surface area contributed by atoms with E-state index in [9.17, 15) is 9.59 Å². The van der Waals surface area contributed by atoms with E-state index in [-0.39, 0.29) is 30.6 Å². The van der Waals surface area contributed by atoms with Gasteiger partial charge in [0.1, 0.15) is 0 Å². The fourth-order valence-corrected chi connectivity index (χ4v) is 4.10. The molecule has 0 radical (unpaired) electrons. The van der Waals surface area contributed by atoms with Crippen LogP contribution in [0.4, 0.5) is 4.79 Å². The largest absolute Gasteiger partial charge is 0.395 e. The Balaban J connectivity index is 1.59. The number of hydrogen-bond donors (Lipinski definition) is 4. The number of rotatable bonds is 7. The van der Waals surface area contributed by atoms with Gasteiger partial charge in [-0.25, -0.2) is 4.79 Å². The van der Waals surface area contributed by atoms with Crippen LogP contribution in [0.15, 0.2) is 0 Å². The summed E-state index contributed by atoms with van der Waals surface area (Å²) in [6, 6.07) is 0.472. The highest BCUT2D eigenvalue weighted by molar-refractivity contribution is 8.00. The first-order valence-corrected chi connectivity index (χ1v) is 7.82. The van der Waals surface area contributed by atoms with E-state index in [0.717, 1.165) is 25.0 Å². The molecule has 2 aliphatic heterocycles. The number of carbonyl (C=O) groups is 2. The van der Waals surface area contributed by atoms with E-state index < -0.39 is 0 Å². The van der Waals surface area contributed by atoms with Gasteiger partial charge in [0.05, 0.1) is 18.7 Å². The molecule has 6 nitrogen and oxygen atoms in total. The van der Waals surface area contributed by atoms with Crippen molar-refractivity contribution < 1.29 is 14.7 Å². The predicted molar refractivity (Wildman–Crippen MR) is 74.1 cm³/mol. The molecule has 2 rings (SSSR count). The molecule has 0 aliphatic carbocycles. The van der Waals surface area contributed by atoms with Gasteiger partial charge in [0.2, 0.25) is 5.91 Å². The van der Waals surface area contributed by atoms with E-state index in [2.05, 4.69) is 16.0 Å². The van der Waals surface area contributed by atoms with Crippen molar-refractivity contribution in [1.29, 1.82) is 0 Å². The van der Waals surface area contributed by atoms with Gasteiger partial charge < -0.3 is 21.1 Å². The third-order valence-corrected chi connectivity index (χ3v) is 5.02. The smallest absolute Gasteiger partial charge is 0.315 e. The average Bonchev–Trinajstić information content (AvgIpc) is 2.92. The maximum atomic E-state index is 11.3. The Morgan fingerprint density at radius 1 is 1.42 bits per heavy atom. The summed E-state index contributed by atoms with van der Waals surface area (Å²) in [7, 11) is 0. The van der Waals surface area contributed by atoms with Gasteiger partial charge in [-0.05, 0) is 12.8 Å². The van der Waals surface area contributed by atoms with Crippen LogP contribution in [0.2, 0.25) is 0 Å². The van der Waals surface area contributed by atoms with Crippen LogP contribution in [0.25, 0.3) is 0 Å². The number of amides is 3. The zero-order valence-electron chi connectivity index (χ0n) is 10.9. The van der Waals surface area contributed by atoms with Crippen molar-refractivity contribution >= 4 is 23.7 Å². The number of unbranched alkanes of at least 4 members (excludes halogenated alkanes) is 1. The second-order valence-electron chi connectivity index (χ2n) is 4.94. The number of urea groups is 1. The number of carbonyl (C=O) groups excluding carboxylic acids is 2. The lowest BCUT2D eigenvalue weighted by molar-refractivity contribution is -0.121. The highest BCUT2D eigenvalue weighted by atomic mass is 32.2. The van der Waals surface area contributed by atoms with Crippen molar-refractivity contribution in [2.24, 2.45) is 0 Å². The number of fused-ring (bicyclic) bond motifs is 1. The minimum absolute atomic E-state index is 0.00170. The average molecular weight is 287 g/mol. The molecule has 0 aromatic rings. The van der Waals surface area contributed by atoms with Crippen molar-refractivity contribution in [1.82, 2.24) is 16.0 Å². The molecule has 2 fully saturated rings. The van der Waals surface area contributed by atoms with Gasteiger partial charge in [-0.15, -0.1) is 0 Å². The molecule has 2 aliphatic rings. The first kappa shape index (κ1) is 14.5. The van der Waals surface area contributed by atoms with E-state index in [4.69, 9.17) is 5.11 Å². The van der Waals surface area contributed by atoms with Crippen LogP contribution in [0.5, 0.6) is 0 Å². The summed E-state index contributed by atoms with van der Waals surface area (Å²) in [5.41, 5.74) is 0. The van der Waals surface area contributed by atoms with Crippen LogP contribution in [-0.4, -0.2) is 53.3 Å². The number of thioether (sulfide) groups is 1. The number of nitrogens with one attached hydrogen (secondary N) is 3. The third-order valence-electron chi connectivity index (χ3n) is 3.51. The minimum atomic E-state index is -0.0521. The molecule has 4 N–H and O–H groups in total. The van der Waals surface area contributed by atoms with E-state index in [1.807, 2.05) is 11.8 Å². The molecule has 0 aromatic carbocycles. The van der Waals surface area contributed by atoms with Gasteiger partial charge in [-0.2, -0.15) is 11.8 Å². The van der Waals surface area contributed by atoms with Gasteiger partial charge in [0, 0.05) is 24.0 Å². The summed E-state index contributed by atoms with van der Waals surface area (Å²) in [5.74, 6) is 0.979. The molecular weight excluding hydrogens is 266 g/mol. The summed E-state index contributed by atoms with van der Waals surface area (Å²) in [4.78, 5) is 22.5. The van der Waals surface area contributed by atoms with Gasteiger partial charge in [0.15, 0.2) is 0 Å². The monoisotopic (exact) mass is 287 g/mol. The summed E-state index contributed by atoms with van der Waals surface area (Å²) < 4.78 is 0. The highest BCUT2D eigenvalue weighted by Gasteiger charge is 2.42. The number of aliphatic hydroxyl groups excluding tert-OH is 1. The number of hydrogen-bond acceptors (Lipinski definition) is 4. The first-order chi connectivity index (χ1) is 9.20. The molecule has 3 unspecified atom stereocenters. The van der Waals surface area contributed by atoms with Crippen molar-refractivity contribution in [2.45, 2.75) is 43.0 Å². The van der Waals surface area contributed by atoms with Crippen LogP contribution in [-0.2, 0) is 4.79 Å². The molecule has 0 saturated carbocycles. The predicted octanol–water partition coefficient (Wildman–Crippen LogP) is -0.179. The Kier molecular flexibility index (Phi) is 5.33. The Morgan fingerprint density at radius 2 is 2.26 bits per heavy atom. The maximum absolute atomic E-state index is 11.3. The van der Waals surface area contributed by atoms with E-state index in [0.29, 0.717) is 18.2 Å². The standard InChI is InChI=1S/C12H21N3O3S/c16-6-5-13-10(17)4-2-1-3-9-11-8(7-19-9)14-12(18)15-11/h8-9,11,16H,1-7H2,(H,13,17)(H2,14,15,18). The highest BCUT2D eigenvalue weighted by Crippen LogP contribution is 2.33. The second-order valence-corrected chi connectivity index (χ2v) is 6.21. The molecule has 3 amide bonds. The molecule has 108 valence electrons. The van der Waals surface area contributed by atoms with E-state index in [1.54, 1.807) is 0 Å². The molecule has 0 spiro atoms.